The van der Waals surface area contributed by atoms with Gasteiger partial charge in [0, 0.05) is 5.69 Å². The van der Waals surface area contributed by atoms with Crippen molar-refractivity contribution in [3.8, 4) is 0 Å². The molecule has 0 aliphatic heterocycles. The lowest BCUT2D eigenvalue weighted by atomic mass is 10.0. The number of hydrogen-bond donors (Lipinski definition) is 2. The molecule has 0 aromatic heterocycles. The summed E-state index contributed by atoms with van der Waals surface area (Å²) >= 11 is 0. The van der Waals surface area contributed by atoms with Crippen molar-refractivity contribution in [3.63, 3.8) is 0 Å². The molecular formula is C18H19F2N3O2. The van der Waals surface area contributed by atoms with Crippen LogP contribution in [0, 0.1) is 11.6 Å². The summed E-state index contributed by atoms with van der Waals surface area (Å²) in [4.78, 5) is 24.9. The van der Waals surface area contributed by atoms with Crippen LogP contribution in [0.5, 0.6) is 0 Å². The number of carbonyl (C=O) groups excluding carboxylic acids is 2. The summed E-state index contributed by atoms with van der Waals surface area (Å²) in [5.41, 5.74) is 5.96. The highest BCUT2D eigenvalue weighted by atomic mass is 19.1. The van der Waals surface area contributed by atoms with Gasteiger partial charge >= 0.3 is 0 Å². The second kappa shape index (κ2) is 7.85. The van der Waals surface area contributed by atoms with Crippen molar-refractivity contribution in [2.24, 2.45) is 5.73 Å². The monoisotopic (exact) mass is 347 g/mol. The molecule has 25 heavy (non-hydrogen) atoms. The van der Waals surface area contributed by atoms with E-state index in [1.807, 2.05) is 0 Å². The number of primary amides is 1. The highest BCUT2D eigenvalue weighted by molar-refractivity contribution is 5.95. The number of rotatable bonds is 6. The SMILES string of the molecule is CN(C)[C@@H](C(=O)Nc1ccc(CC(N)=O)cc1)c1c(F)cccc1F. The Morgan fingerprint density at radius 2 is 1.64 bits per heavy atom. The lowest BCUT2D eigenvalue weighted by molar-refractivity contribution is -0.121. The number of carbonyl (C=O) groups is 2. The molecule has 0 unspecified atom stereocenters. The zero-order valence-corrected chi connectivity index (χ0v) is 13.9. The van der Waals surface area contributed by atoms with Gasteiger partial charge in [0.1, 0.15) is 17.7 Å². The maximum Gasteiger partial charge on any atom is 0.246 e. The minimum absolute atomic E-state index is 0.0922. The first kappa shape index (κ1) is 18.5. The number of halogens is 2. The Bertz CT molecular complexity index is 756. The molecule has 0 radical (unpaired) electrons. The molecule has 0 bridgehead atoms. The van der Waals surface area contributed by atoms with Crippen molar-refractivity contribution >= 4 is 17.5 Å². The van der Waals surface area contributed by atoms with Crippen LogP contribution in [0.1, 0.15) is 17.2 Å². The number of hydrogen-bond acceptors (Lipinski definition) is 3. The molecule has 7 heteroatoms. The topological polar surface area (TPSA) is 75.4 Å². The van der Waals surface area contributed by atoms with Crippen LogP contribution in [0.25, 0.3) is 0 Å². The summed E-state index contributed by atoms with van der Waals surface area (Å²) in [5.74, 6) is -2.60. The zero-order chi connectivity index (χ0) is 18.6. The van der Waals surface area contributed by atoms with E-state index in [9.17, 15) is 18.4 Å². The second-order valence-electron chi connectivity index (χ2n) is 5.83. The van der Waals surface area contributed by atoms with Crippen molar-refractivity contribution in [2.75, 3.05) is 19.4 Å². The Hall–Kier alpha value is -2.80. The average Bonchev–Trinajstić information content (AvgIpc) is 2.52. The first-order chi connectivity index (χ1) is 11.8. The van der Waals surface area contributed by atoms with E-state index in [4.69, 9.17) is 5.73 Å². The number of nitrogens with one attached hydrogen (secondary N) is 1. The molecule has 1 atom stereocenters. The fraction of sp³-hybridized carbons (Fsp3) is 0.222. The van der Waals surface area contributed by atoms with Gasteiger partial charge in [-0.15, -0.1) is 0 Å². The average molecular weight is 347 g/mol. The van der Waals surface area contributed by atoms with Crippen molar-refractivity contribution in [1.29, 1.82) is 0 Å². The normalized spacial score (nSPS) is 12.0. The van der Waals surface area contributed by atoms with E-state index in [-0.39, 0.29) is 12.0 Å². The number of benzene rings is 2. The lowest BCUT2D eigenvalue weighted by Gasteiger charge is -2.24. The van der Waals surface area contributed by atoms with Gasteiger partial charge in [0.05, 0.1) is 12.0 Å². The molecule has 5 nitrogen and oxygen atoms in total. The molecule has 3 N–H and O–H groups in total. The van der Waals surface area contributed by atoms with Crippen molar-refractivity contribution in [3.05, 3.63) is 65.2 Å². The van der Waals surface area contributed by atoms with Crippen LogP contribution in [0.2, 0.25) is 0 Å². The maximum atomic E-state index is 14.0. The standard InChI is InChI=1S/C18H19F2N3O2/c1-23(2)17(16-13(19)4-3-5-14(16)20)18(25)22-12-8-6-11(7-9-12)10-15(21)24/h3-9,17H,10H2,1-2H3,(H2,21,24)(H,22,25)/t17-/m1/s1. The van der Waals surface area contributed by atoms with Crippen molar-refractivity contribution in [1.82, 2.24) is 4.90 Å². The van der Waals surface area contributed by atoms with E-state index in [1.54, 1.807) is 38.4 Å². The molecule has 2 aromatic carbocycles. The molecule has 0 heterocycles. The third kappa shape index (κ3) is 4.60. The molecule has 0 aliphatic carbocycles. The highest BCUT2D eigenvalue weighted by Crippen LogP contribution is 2.26. The van der Waals surface area contributed by atoms with Gasteiger partial charge < -0.3 is 11.1 Å². The Morgan fingerprint density at radius 1 is 1.08 bits per heavy atom. The molecule has 0 fully saturated rings. The predicted octanol–water partition coefficient (Wildman–Crippen LogP) is 2.23. The van der Waals surface area contributed by atoms with E-state index in [2.05, 4.69) is 5.32 Å². The van der Waals surface area contributed by atoms with Gasteiger partial charge in [0.25, 0.3) is 0 Å². The lowest BCUT2D eigenvalue weighted by Crippen LogP contribution is -2.33. The van der Waals surface area contributed by atoms with E-state index in [0.29, 0.717) is 11.3 Å². The zero-order valence-electron chi connectivity index (χ0n) is 13.9. The number of nitrogens with two attached hydrogens (primary N) is 1. The molecule has 0 aliphatic rings. The minimum atomic E-state index is -1.13. The van der Waals surface area contributed by atoms with Crippen LogP contribution in [-0.4, -0.2) is 30.8 Å². The van der Waals surface area contributed by atoms with Gasteiger partial charge in [0.15, 0.2) is 0 Å². The van der Waals surface area contributed by atoms with Gasteiger partial charge in [-0.3, -0.25) is 14.5 Å². The third-order valence-electron chi connectivity index (χ3n) is 3.64. The minimum Gasteiger partial charge on any atom is -0.369 e. The van der Waals surface area contributed by atoms with Crippen LogP contribution >= 0.6 is 0 Å². The number of anilines is 1. The quantitative estimate of drug-likeness (QED) is 0.841. The van der Waals surface area contributed by atoms with Gasteiger partial charge in [-0.1, -0.05) is 18.2 Å². The Balaban J connectivity index is 2.23. The molecule has 0 spiro atoms. The molecule has 2 amide bonds. The summed E-state index contributed by atoms with van der Waals surface area (Å²) in [7, 11) is 3.12. The van der Waals surface area contributed by atoms with Crippen LogP contribution in [-0.2, 0) is 16.0 Å². The molecule has 0 saturated carbocycles. The number of nitrogens with zero attached hydrogens (tertiary/aromatic N) is 1. The summed E-state index contributed by atoms with van der Waals surface area (Å²) < 4.78 is 28.1. The third-order valence-corrected chi connectivity index (χ3v) is 3.64. The highest BCUT2D eigenvalue weighted by Gasteiger charge is 2.29. The van der Waals surface area contributed by atoms with Gasteiger partial charge in [-0.05, 0) is 43.9 Å². The van der Waals surface area contributed by atoms with Crippen LogP contribution in [0.4, 0.5) is 14.5 Å². The maximum absolute atomic E-state index is 14.0. The largest absolute Gasteiger partial charge is 0.369 e. The van der Waals surface area contributed by atoms with Crippen molar-refractivity contribution in [2.45, 2.75) is 12.5 Å². The van der Waals surface area contributed by atoms with Crippen LogP contribution in [0.3, 0.4) is 0 Å². The fourth-order valence-electron chi connectivity index (χ4n) is 2.51. The Morgan fingerprint density at radius 3 is 2.12 bits per heavy atom. The predicted molar refractivity (Wildman–Crippen MR) is 90.8 cm³/mol. The second-order valence-corrected chi connectivity index (χ2v) is 5.83. The first-order valence-corrected chi connectivity index (χ1v) is 7.58. The van der Waals surface area contributed by atoms with Crippen LogP contribution < -0.4 is 11.1 Å². The number of likely N-dealkylation sites (N-methyl/N-ethyl adjacent to an activating group) is 1. The van der Waals surface area contributed by atoms with Crippen molar-refractivity contribution < 1.29 is 18.4 Å². The van der Waals surface area contributed by atoms with E-state index >= 15 is 0 Å². The van der Waals surface area contributed by atoms with E-state index in [1.165, 1.54) is 11.0 Å². The van der Waals surface area contributed by atoms with Gasteiger partial charge in [-0.2, -0.15) is 0 Å². The Labute approximate surface area is 144 Å². The molecule has 2 rings (SSSR count). The molecule has 132 valence electrons. The summed E-state index contributed by atoms with van der Waals surface area (Å²) in [6.07, 6.45) is 0.0922. The summed E-state index contributed by atoms with van der Waals surface area (Å²) in [6, 6.07) is 8.83. The Kier molecular flexibility index (Phi) is 5.82. The van der Waals surface area contributed by atoms with Crippen LogP contribution in [0.15, 0.2) is 42.5 Å². The smallest absolute Gasteiger partial charge is 0.246 e. The molecular weight excluding hydrogens is 328 g/mol. The van der Waals surface area contributed by atoms with E-state index < -0.39 is 29.5 Å². The summed E-state index contributed by atoms with van der Waals surface area (Å²) in [5, 5.41) is 2.63. The fourth-order valence-corrected chi connectivity index (χ4v) is 2.51. The summed E-state index contributed by atoms with van der Waals surface area (Å²) in [6.45, 7) is 0. The number of amides is 2. The first-order valence-electron chi connectivity index (χ1n) is 7.58. The molecule has 2 aromatic rings. The van der Waals surface area contributed by atoms with E-state index in [0.717, 1.165) is 12.1 Å². The molecule has 0 saturated heterocycles. The van der Waals surface area contributed by atoms with Gasteiger partial charge in [-0.25, -0.2) is 8.78 Å². The van der Waals surface area contributed by atoms with Gasteiger partial charge in [0.2, 0.25) is 11.8 Å².